The van der Waals surface area contributed by atoms with Crippen LogP contribution in [0.4, 0.5) is 5.69 Å². The minimum absolute atomic E-state index is 0.262. The second-order valence-corrected chi connectivity index (χ2v) is 4.92. The van der Waals surface area contributed by atoms with Gasteiger partial charge in [0.1, 0.15) is 10.3 Å². The van der Waals surface area contributed by atoms with Crippen LogP contribution in [0.25, 0.3) is 0 Å². The number of nitrogens with one attached hydrogen (secondary N) is 1. The van der Waals surface area contributed by atoms with Gasteiger partial charge in [0.15, 0.2) is 0 Å². The van der Waals surface area contributed by atoms with Crippen LogP contribution in [-0.4, -0.2) is 15.9 Å². The predicted molar refractivity (Wildman–Crippen MR) is 74.1 cm³/mol. The summed E-state index contributed by atoms with van der Waals surface area (Å²) in [5.41, 5.74) is 0.949. The quantitative estimate of drug-likeness (QED) is 0.841. The average molecular weight is 347 g/mol. The Balaban J connectivity index is 2.18. The lowest BCUT2D eigenvalue weighted by Crippen LogP contribution is -2.12. The largest absolute Gasteiger partial charge is 0.321 e. The number of aromatic nitrogens is 2. The summed E-state index contributed by atoms with van der Waals surface area (Å²) in [5, 5.41) is 3.27. The molecule has 0 unspecified atom stereocenters. The average Bonchev–Trinajstić information content (AvgIpc) is 2.34. The van der Waals surface area contributed by atoms with E-state index in [-0.39, 0.29) is 11.1 Å². The molecule has 92 valence electrons. The topological polar surface area (TPSA) is 54.9 Å². The van der Waals surface area contributed by atoms with Crippen LogP contribution in [0, 0.1) is 0 Å². The van der Waals surface area contributed by atoms with Crippen molar-refractivity contribution in [1.29, 1.82) is 0 Å². The highest BCUT2D eigenvalue weighted by molar-refractivity contribution is 9.10. The molecule has 4 nitrogen and oxygen atoms in total. The fourth-order valence-corrected chi connectivity index (χ4v) is 1.86. The van der Waals surface area contributed by atoms with Crippen molar-refractivity contribution >= 4 is 50.7 Å². The first-order valence-corrected chi connectivity index (χ1v) is 6.35. The molecule has 0 bridgehead atoms. The van der Waals surface area contributed by atoms with E-state index in [1.165, 1.54) is 18.5 Å². The zero-order valence-electron chi connectivity index (χ0n) is 8.82. The van der Waals surface area contributed by atoms with Crippen molar-refractivity contribution in [3.8, 4) is 0 Å². The molecule has 0 aliphatic carbocycles. The first kappa shape index (κ1) is 13.3. The molecule has 0 aliphatic rings. The summed E-state index contributed by atoms with van der Waals surface area (Å²) in [6.07, 6.45) is 2.93. The lowest BCUT2D eigenvalue weighted by atomic mass is 10.2. The predicted octanol–water partition coefficient (Wildman–Crippen LogP) is 3.80. The Morgan fingerprint density at radius 1 is 1.28 bits per heavy atom. The van der Waals surface area contributed by atoms with E-state index in [1.807, 2.05) is 0 Å². The molecule has 0 aromatic carbocycles. The van der Waals surface area contributed by atoms with Gasteiger partial charge in [-0.2, -0.15) is 0 Å². The number of hydrogen-bond donors (Lipinski definition) is 1. The number of anilines is 1. The van der Waals surface area contributed by atoms with Crippen LogP contribution < -0.4 is 5.32 Å². The molecule has 2 heterocycles. The molecular formula is C11H6BrCl2N3O. The van der Waals surface area contributed by atoms with Crippen molar-refractivity contribution in [2.24, 2.45) is 0 Å². The Kier molecular flexibility index (Phi) is 4.16. The van der Waals surface area contributed by atoms with E-state index in [0.29, 0.717) is 20.9 Å². The molecule has 1 amide bonds. The van der Waals surface area contributed by atoms with Crippen LogP contribution in [0.2, 0.25) is 10.3 Å². The fraction of sp³-hybridized carbons (Fsp3) is 0. The second kappa shape index (κ2) is 5.65. The van der Waals surface area contributed by atoms with Crippen molar-refractivity contribution in [3.05, 3.63) is 50.9 Å². The van der Waals surface area contributed by atoms with Crippen LogP contribution in [-0.2, 0) is 0 Å². The Hall–Kier alpha value is -1.17. The maximum atomic E-state index is 11.9. The number of hydrogen-bond acceptors (Lipinski definition) is 3. The normalized spacial score (nSPS) is 10.2. The minimum atomic E-state index is -0.296. The van der Waals surface area contributed by atoms with E-state index in [0.717, 1.165) is 0 Å². The van der Waals surface area contributed by atoms with Gasteiger partial charge in [-0.05, 0) is 34.1 Å². The van der Waals surface area contributed by atoms with Crippen LogP contribution >= 0.6 is 39.1 Å². The van der Waals surface area contributed by atoms with Gasteiger partial charge in [-0.1, -0.05) is 23.2 Å². The van der Waals surface area contributed by atoms with Crippen molar-refractivity contribution in [2.75, 3.05) is 5.32 Å². The number of carbonyl (C=O) groups is 1. The number of amides is 1. The Morgan fingerprint density at radius 2 is 2.06 bits per heavy atom. The third kappa shape index (κ3) is 3.19. The van der Waals surface area contributed by atoms with Crippen LogP contribution in [0.1, 0.15) is 10.4 Å². The third-order valence-corrected chi connectivity index (χ3v) is 3.38. The highest BCUT2D eigenvalue weighted by Crippen LogP contribution is 2.23. The molecule has 2 rings (SSSR count). The van der Waals surface area contributed by atoms with E-state index < -0.39 is 0 Å². The first-order chi connectivity index (χ1) is 8.56. The lowest BCUT2D eigenvalue weighted by molar-refractivity contribution is 0.102. The molecule has 0 spiro atoms. The number of nitrogens with zero attached hydrogens (tertiary/aromatic N) is 2. The van der Waals surface area contributed by atoms with E-state index in [9.17, 15) is 4.79 Å². The van der Waals surface area contributed by atoms with E-state index in [1.54, 1.807) is 12.1 Å². The van der Waals surface area contributed by atoms with Crippen LogP contribution in [0.5, 0.6) is 0 Å². The van der Waals surface area contributed by atoms with Gasteiger partial charge in [-0.25, -0.2) is 9.97 Å². The first-order valence-electron chi connectivity index (χ1n) is 4.80. The molecule has 7 heteroatoms. The fourth-order valence-electron chi connectivity index (χ4n) is 1.24. The SMILES string of the molecule is O=C(Nc1cnc(Cl)c(Br)c1)c1ccnc(Cl)c1. The van der Waals surface area contributed by atoms with Gasteiger partial charge in [-0.3, -0.25) is 4.79 Å². The van der Waals surface area contributed by atoms with Crippen molar-refractivity contribution < 1.29 is 4.79 Å². The highest BCUT2D eigenvalue weighted by Gasteiger charge is 2.08. The molecule has 0 aliphatic heterocycles. The van der Waals surface area contributed by atoms with Gasteiger partial charge in [0.2, 0.25) is 0 Å². The summed E-state index contributed by atoms with van der Waals surface area (Å²) in [6, 6.07) is 4.71. The zero-order chi connectivity index (χ0) is 13.1. The molecule has 0 saturated heterocycles. The van der Waals surface area contributed by atoms with Gasteiger partial charge in [0.25, 0.3) is 5.91 Å². The maximum absolute atomic E-state index is 11.9. The van der Waals surface area contributed by atoms with Crippen LogP contribution in [0.3, 0.4) is 0 Å². The van der Waals surface area contributed by atoms with Gasteiger partial charge in [0, 0.05) is 11.8 Å². The molecule has 2 aromatic rings. The Morgan fingerprint density at radius 3 is 2.72 bits per heavy atom. The number of pyridine rings is 2. The molecule has 0 atom stereocenters. The van der Waals surface area contributed by atoms with E-state index >= 15 is 0 Å². The van der Waals surface area contributed by atoms with Gasteiger partial charge < -0.3 is 5.32 Å². The maximum Gasteiger partial charge on any atom is 0.255 e. The molecule has 0 fully saturated rings. The summed E-state index contributed by atoms with van der Waals surface area (Å²) in [7, 11) is 0. The van der Waals surface area contributed by atoms with Gasteiger partial charge in [0.05, 0.1) is 16.4 Å². The summed E-state index contributed by atoms with van der Waals surface area (Å²) in [6.45, 7) is 0. The summed E-state index contributed by atoms with van der Waals surface area (Å²) in [5.74, 6) is -0.296. The number of carbonyl (C=O) groups excluding carboxylic acids is 1. The lowest BCUT2D eigenvalue weighted by Gasteiger charge is -2.05. The molecule has 0 saturated carbocycles. The summed E-state index contributed by atoms with van der Waals surface area (Å²) >= 11 is 14.7. The smallest absolute Gasteiger partial charge is 0.255 e. The van der Waals surface area contributed by atoms with Crippen molar-refractivity contribution in [2.45, 2.75) is 0 Å². The zero-order valence-corrected chi connectivity index (χ0v) is 11.9. The third-order valence-electron chi connectivity index (χ3n) is 2.04. The van der Waals surface area contributed by atoms with Gasteiger partial charge in [-0.15, -0.1) is 0 Å². The minimum Gasteiger partial charge on any atom is -0.321 e. The van der Waals surface area contributed by atoms with E-state index in [2.05, 4.69) is 31.2 Å². The van der Waals surface area contributed by atoms with Crippen LogP contribution in [0.15, 0.2) is 35.1 Å². The molecule has 18 heavy (non-hydrogen) atoms. The van der Waals surface area contributed by atoms with Crippen molar-refractivity contribution in [1.82, 2.24) is 9.97 Å². The highest BCUT2D eigenvalue weighted by atomic mass is 79.9. The monoisotopic (exact) mass is 345 g/mol. The van der Waals surface area contributed by atoms with Gasteiger partial charge >= 0.3 is 0 Å². The number of rotatable bonds is 2. The number of halogens is 3. The van der Waals surface area contributed by atoms with E-state index in [4.69, 9.17) is 23.2 Å². The molecule has 2 aromatic heterocycles. The Labute approximate surface area is 121 Å². The summed E-state index contributed by atoms with van der Waals surface area (Å²) in [4.78, 5) is 19.6. The summed E-state index contributed by atoms with van der Waals surface area (Å²) < 4.78 is 0.606. The Bertz CT molecular complexity index is 607. The second-order valence-electron chi connectivity index (χ2n) is 3.32. The molecule has 0 radical (unpaired) electrons. The molecule has 1 N–H and O–H groups in total. The molecular weight excluding hydrogens is 341 g/mol. The standard InChI is InChI=1S/C11H6BrCl2N3O/c12-8-4-7(5-16-10(8)14)17-11(18)6-1-2-15-9(13)3-6/h1-5H,(H,17,18). The van der Waals surface area contributed by atoms with Crippen molar-refractivity contribution in [3.63, 3.8) is 0 Å².